The number of nitrogens with one attached hydrogen (secondary N) is 1. The van der Waals surface area contributed by atoms with E-state index in [0.29, 0.717) is 12.6 Å². The van der Waals surface area contributed by atoms with Crippen LogP contribution < -0.4 is 11.1 Å². The predicted octanol–water partition coefficient (Wildman–Crippen LogP) is 1.67. The summed E-state index contributed by atoms with van der Waals surface area (Å²) in [6.07, 6.45) is 5.72. The van der Waals surface area contributed by atoms with Crippen molar-refractivity contribution in [3.63, 3.8) is 0 Å². The summed E-state index contributed by atoms with van der Waals surface area (Å²) in [5.74, 6) is 1.02. The maximum absolute atomic E-state index is 11.8. The van der Waals surface area contributed by atoms with Gasteiger partial charge in [0.15, 0.2) is 0 Å². The average molecular weight is 212 g/mol. The molecule has 0 aliphatic heterocycles. The van der Waals surface area contributed by atoms with Gasteiger partial charge in [-0.1, -0.05) is 13.3 Å². The Balaban J connectivity index is 2.20. The molecule has 1 saturated carbocycles. The largest absolute Gasteiger partial charge is 0.353 e. The lowest BCUT2D eigenvalue weighted by atomic mass is 9.80. The Morgan fingerprint density at radius 1 is 1.47 bits per heavy atom. The lowest BCUT2D eigenvalue weighted by molar-refractivity contribution is -0.125. The molecule has 0 heterocycles. The molecule has 0 bridgehead atoms. The van der Waals surface area contributed by atoms with E-state index in [1.54, 1.807) is 0 Å². The minimum absolute atomic E-state index is 0.107. The molecule has 2 atom stereocenters. The van der Waals surface area contributed by atoms with E-state index >= 15 is 0 Å². The van der Waals surface area contributed by atoms with Gasteiger partial charge >= 0.3 is 0 Å². The monoisotopic (exact) mass is 212 g/mol. The zero-order chi connectivity index (χ0) is 11.3. The molecule has 3 heteroatoms. The summed E-state index contributed by atoms with van der Waals surface area (Å²) < 4.78 is 0. The zero-order valence-electron chi connectivity index (χ0n) is 9.96. The van der Waals surface area contributed by atoms with Crippen LogP contribution >= 0.6 is 0 Å². The van der Waals surface area contributed by atoms with Crippen molar-refractivity contribution in [2.45, 2.75) is 52.0 Å². The van der Waals surface area contributed by atoms with Gasteiger partial charge < -0.3 is 11.1 Å². The van der Waals surface area contributed by atoms with Crippen molar-refractivity contribution in [3.05, 3.63) is 0 Å². The fraction of sp³-hybridized carbons (Fsp3) is 0.917. The molecule has 88 valence electrons. The van der Waals surface area contributed by atoms with Crippen LogP contribution in [0.4, 0.5) is 0 Å². The summed E-state index contributed by atoms with van der Waals surface area (Å²) in [4.78, 5) is 11.8. The van der Waals surface area contributed by atoms with Gasteiger partial charge in [0.05, 0.1) is 0 Å². The van der Waals surface area contributed by atoms with Crippen LogP contribution in [0.2, 0.25) is 0 Å². The molecular formula is C12H24N2O. The maximum atomic E-state index is 11.8. The highest BCUT2D eigenvalue weighted by molar-refractivity contribution is 5.78. The predicted molar refractivity (Wildman–Crippen MR) is 62.4 cm³/mol. The molecule has 0 aromatic carbocycles. The second-order valence-electron chi connectivity index (χ2n) is 4.82. The minimum Gasteiger partial charge on any atom is -0.353 e. The minimum atomic E-state index is 0.107. The van der Waals surface area contributed by atoms with Gasteiger partial charge in [0, 0.05) is 12.0 Å². The molecule has 1 aliphatic rings. The molecule has 1 amide bonds. The molecule has 0 radical (unpaired) electrons. The van der Waals surface area contributed by atoms with E-state index in [1.807, 2.05) is 6.92 Å². The Morgan fingerprint density at radius 3 is 2.60 bits per heavy atom. The van der Waals surface area contributed by atoms with Crippen molar-refractivity contribution in [2.24, 2.45) is 17.6 Å². The normalized spacial score (nSPS) is 20.5. The molecule has 2 unspecified atom stereocenters. The topological polar surface area (TPSA) is 55.1 Å². The van der Waals surface area contributed by atoms with Gasteiger partial charge in [0.2, 0.25) is 5.91 Å². The Labute approximate surface area is 92.8 Å². The van der Waals surface area contributed by atoms with Crippen molar-refractivity contribution >= 4 is 5.91 Å². The number of nitrogens with two attached hydrogens (primary N) is 1. The lowest BCUT2D eigenvalue weighted by Gasteiger charge is -2.32. The molecule has 1 fully saturated rings. The number of amides is 1. The van der Waals surface area contributed by atoms with Crippen LogP contribution in [-0.4, -0.2) is 18.5 Å². The summed E-state index contributed by atoms with van der Waals surface area (Å²) in [7, 11) is 0. The van der Waals surface area contributed by atoms with Crippen molar-refractivity contribution in [2.75, 3.05) is 6.54 Å². The molecule has 1 aliphatic carbocycles. The molecule has 0 aromatic rings. The first kappa shape index (κ1) is 12.5. The summed E-state index contributed by atoms with van der Waals surface area (Å²) in [5.41, 5.74) is 5.43. The summed E-state index contributed by atoms with van der Waals surface area (Å²) in [6.45, 7) is 4.78. The molecule has 0 aromatic heterocycles. The fourth-order valence-corrected chi connectivity index (χ4v) is 1.98. The Morgan fingerprint density at radius 2 is 2.13 bits per heavy atom. The van der Waals surface area contributed by atoms with Crippen LogP contribution in [0.1, 0.15) is 46.0 Å². The average Bonchev–Trinajstić information content (AvgIpc) is 2.10. The Bertz CT molecular complexity index is 202. The summed E-state index contributed by atoms with van der Waals surface area (Å²) >= 11 is 0. The van der Waals surface area contributed by atoms with E-state index in [-0.39, 0.29) is 11.8 Å². The third kappa shape index (κ3) is 3.82. The van der Waals surface area contributed by atoms with Gasteiger partial charge in [-0.3, -0.25) is 4.79 Å². The van der Waals surface area contributed by atoms with E-state index in [1.165, 1.54) is 19.3 Å². The van der Waals surface area contributed by atoms with Crippen LogP contribution in [0.15, 0.2) is 0 Å². The SMILES string of the molecule is CC(CCCN)C(=O)NC(C)C1CCC1. The van der Waals surface area contributed by atoms with Gasteiger partial charge in [-0.25, -0.2) is 0 Å². The molecule has 0 spiro atoms. The number of carbonyl (C=O) groups is 1. The van der Waals surface area contributed by atoms with Crippen LogP contribution in [0, 0.1) is 11.8 Å². The fourth-order valence-electron chi connectivity index (χ4n) is 1.98. The Kier molecular flexibility index (Phi) is 5.09. The quantitative estimate of drug-likeness (QED) is 0.703. The Hall–Kier alpha value is -0.570. The second-order valence-corrected chi connectivity index (χ2v) is 4.82. The van der Waals surface area contributed by atoms with E-state index in [0.717, 1.165) is 18.8 Å². The second kappa shape index (κ2) is 6.11. The van der Waals surface area contributed by atoms with Crippen molar-refractivity contribution in [1.29, 1.82) is 0 Å². The molecule has 3 N–H and O–H groups in total. The molecule has 0 saturated heterocycles. The third-order valence-electron chi connectivity index (χ3n) is 3.52. The number of hydrogen-bond donors (Lipinski definition) is 2. The van der Waals surface area contributed by atoms with E-state index in [2.05, 4.69) is 12.2 Å². The number of rotatable bonds is 6. The van der Waals surface area contributed by atoms with Crippen molar-refractivity contribution in [3.8, 4) is 0 Å². The van der Waals surface area contributed by atoms with E-state index < -0.39 is 0 Å². The van der Waals surface area contributed by atoms with Gasteiger partial charge in [0.25, 0.3) is 0 Å². The van der Waals surface area contributed by atoms with Gasteiger partial charge in [0.1, 0.15) is 0 Å². The first-order valence-corrected chi connectivity index (χ1v) is 6.15. The summed E-state index contributed by atoms with van der Waals surface area (Å²) in [5, 5.41) is 3.11. The molecule has 15 heavy (non-hydrogen) atoms. The first-order chi connectivity index (χ1) is 7.15. The zero-order valence-corrected chi connectivity index (χ0v) is 9.96. The molecule has 1 rings (SSSR count). The number of hydrogen-bond acceptors (Lipinski definition) is 2. The van der Waals surface area contributed by atoms with Gasteiger partial charge in [-0.2, -0.15) is 0 Å². The standard InChI is InChI=1S/C12H24N2O/c1-9(5-4-8-13)12(15)14-10(2)11-6-3-7-11/h9-11H,3-8,13H2,1-2H3,(H,14,15). The lowest BCUT2D eigenvalue weighted by Crippen LogP contribution is -2.42. The van der Waals surface area contributed by atoms with E-state index in [4.69, 9.17) is 5.73 Å². The maximum Gasteiger partial charge on any atom is 0.223 e. The third-order valence-corrected chi connectivity index (χ3v) is 3.52. The smallest absolute Gasteiger partial charge is 0.223 e. The van der Waals surface area contributed by atoms with Crippen molar-refractivity contribution in [1.82, 2.24) is 5.32 Å². The van der Waals surface area contributed by atoms with E-state index in [9.17, 15) is 4.79 Å². The number of carbonyl (C=O) groups excluding carboxylic acids is 1. The highest BCUT2D eigenvalue weighted by atomic mass is 16.1. The molecule has 3 nitrogen and oxygen atoms in total. The molecular weight excluding hydrogens is 188 g/mol. The van der Waals surface area contributed by atoms with Crippen molar-refractivity contribution < 1.29 is 4.79 Å². The highest BCUT2D eigenvalue weighted by Gasteiger charge is 2.25. The first-order valence-electron chi connectivity index (χ1n) is 6.15. The van der Waals surface area contributed by atoms with Crippen LogP contribution in [0.5, 0.6) is 0 Å². The highest BCUT2D eigenvalue weighted by Crippen LogP contribution is 2.29. The van der Waals surface area contributed by atoms with Gasteiger partial charge in [-0.05, 0) is 45.1 Å². The summed E-state index contributed by atoms with van der Waals surface area (Å²) in [6, 6.07) is 0.353. The van der Waals surface area contributed by atoms with Crippen LogP contribution in [0.25, 0.3) is 0 Å². The van der Waals surface area contributed by atoms with Crippen LogP contribution in [-0.2, 0) is 4.79 Å². The van der Waals surface area contributed by atoms with Gasteiger partial charge in [-0.15, -0.1) is 0 Å². The van der Waals surface area contributed by atoms with Crippen LogP contribution in [0.3, 0.4) is 0 Å².